The molecule has 3 aromatic rings. The third-order valence-electron chi connectivity index (χ3n) is 4.82. The maximum atomic E-state index is 12.3. The van der Waals surface area contributed by atoms with Gasteiger partial charge in [-0.1, -0.05) is 47.7 Å². The van der Waals surface area contributed by atoms with Crippen molar-refractivity contribution in [1.29, 1.82) is 0 Å². The van der Waals surface area contributed by atoms with E-state index in [0.29, 0.717) is 31.3 Å². The molecule has 0 aliphatic rings. The van der Waals surface area contributed by atoms with Gasteiger partial charge in [-0.3, -0.25) is 4.79 Å². The topological polar surface area (TPSA) is 78.3 Å². The molecule has 0 bridgehead atoms. The third kappa shape index (κ3) is 6.26. The van der Waals surface area contributed by atoms with Crippen molar-refractivity contribution in [1.82, 2.24) is 20.1 Å². The Labute approximate surface area is 193 Å². The van der Waals surface area contributed by atoms with Crippen LogP contribution in [-0.4, -0.2) is 46.2 Å². The van der Waals surface area contributed by atoms with Crippen LogP contribution in [0.15, 0.2) is 47.6 Å². The molecule has 2 aromatic carbocycles. The first kappa shape index (κ1) is 23.7. The summed E-state index contributed by atoms with van der Waals surface area (Å²) in [5.41, 5.74) is 3.28. The number of hydrogen-bond donors (Lipinski definition) is 1. The fourth-order valence-electron chi connectivity index (χ4n) is 3.17. The van der Waals surface area contributed by atoms with E-state index in [1.54, 1.807) is 0 Å². The summed E-state index contributed by atoms with van der Waals surface area (Å²) in [6.45, 7) is 7.65. The zero-order valence-corrected chi connectivity index (χ0v) is 19.9. The molecule has 170 valence electrons. The van der Waals surface area contributed by atoms with Gasteiger partial charge in [0.15, 0.2) is 22.5 Å². The fourth-order valence-corrected chi connectivity index (χ4v) is 3.91. The van der Waals surface area contributed by atoms with Crippen LogP contribution in [0.2, 0.25) is 0 Å². The first-order valence-electron chi connectivity index (χ1n) is 10.8. The highest BCUT2D eigenvalue weighted by atomic mass is 32.2. The molecule has 0 aliphatic heterocycles. The van der Waals surface area contributed by atoms with Gasteiger partial charge in [0.05, 0.1) is 19.0 Å². The number of thioether (sulfide) groups is 1. The van der Waals surface area contributed by atoms with Crippen LogP contribution in [0.1, 0.15) is 25.0 Å². The lowest BCUT2D eigenvalue weighted by Gasteiger charge is -2.12. The number of rotatable bonds is 11. The minimum atomic E-state index is -0.0362. The number of benzene rings is 2. The zero-order chi connectivity index (χ0) is 22.9. The number of nitrogens with one attached hydrogen (secondary N) is 1. The first-order chi connectivity index (χ1) is 15.5. The normalized spacial score (nSPS) is 10.8. The van der Waals surface area contributed by atoms with Crippen molar-refractivity contribution in [3.8, 4) is 22.9 Å². The van der Waals surface area contributed by atoms with Crippen LogP contribution in [0, 0.1) is 6.92 Å². The van der Waals surface area contributed by atoms with Crippen molar-refractivity contribution >= 4 is 17.7 Å². The number of nitrogens with zero attached hydrogens (tertiary/aromatic N) is 3. The Morgan fingerprint density at radius 3 is 2.47 bits per heavy atom. The molecule has 3 rings (SSSR count). The number of hydrogen-bond acceptors (Lipinski definition) is 6. The van der Waals surface area contributed by atoms with Crippen LogP contribution in [0.5, 0.6) is 11.5 Å². The fraction of sp³-hybridized carbons (Fsp3) is 0.375. The molecule has 7 nitrogen and oxygen atoms in total. The highest BCUT2D eigenvalue weighted by Gasteiger charge is 2.13. The van der Waals surface area contributed by atoms with Crippen molar-refractivity contribution < 1.29 is 14.3 Å². The average molecular weight is 455 g/mol. The number of carbonyl (C=O) groups is 1. The molecule has 0 radical (unpaired) electrons. The van der Waals surface area contributed by atoms with E-state index in [-0.39, 0.29) is 11.7 Å². The molecule has 8 heteroatoms. The van der Waals surface area contributed by atoms with E-state index in [1.807, 2.05) is 74.9 Å². The Bertz CT molecular complexity index is 1030. The molecular formula is C24H30N4O3S. The lowest BCUT2D eigenvalue weighted by molar-refractivity contribution is -0.118. The van der Waals surface area contributed by atoms with E-state index >= 15 is 0 Å². The third-order valence-corrected chi connectivity index (χ3v) is 5.84. The maximum Gasteiger partial charge on any atom is 0.230 e. The zero-order valence-electron chi connectivity index (χ0n) is 19.1. The van der Waals surface area contributed by atoms with Crippen LogP contribution in [-0.2, 0) is 18.3 Å². The highest BCUT2D eigenvalue weighted by Crippen LogP contribution is 2.28. The molecule has 0 aliphatic carbocycles. The van der Waals surface area contributed by atoms with E-state index in [4.69, 9.17) is 9.47 Å². The molecule has 1 aromatic heterocycles. The lowest BCUT2D eigenvalue weighted by atomic mass is 10.1. The SMILES string of the molecule is CCOc1ccc(CCNC(=O)CSc2nnc(-c3ccc(C)cc3)n2C)cc1OCC. The first-order valence-corrected chi connectivity index (χ1v) is 11.7. The Morgan fingerprint density at radius 1 is 1.03 bits per heavy atom. The largest absolute Gasteiger partial charge is 0.490 e. The van der Waals surface area contributed by atoms with Gasteiger partial charge in [0.2, 0.25) is 5.91 Å². The van der Waals surface area contributed by atoms with Gasteiger partial charge in [-0.25, -0.2) is 0 Å². The number of aromatic nitrogens is 3. The van der Waals surface area contributed by atoms with Gasteiger partial charge in [-0.15, -0.1) is 10.2 Å². The Hall–Kier alpha value is -3.00. The van der Waals surface area contributed by atoms with E-state index < -0.39 is 0 Å². The van der Waals surface area contributed by atoms with Gasteiger partial charge in [0, 0.05) is 19.2 Å². The second-order valence-electron chi connectivity index (χ2n) is 7.27. The number of aryl methyl sites for hydroxylation is 1. The Balaban J connectivity index is 1.49. The summed E-state index contributed by atoms with van der Waals surface area (Å²) in [4.78, 5) is 12.3. The van der Waals surface area contributed by atoms with Gasteiger partial charge in [0.1, 0.15) is 0 Å². The van der Waals surface area contributed by atoms with Crippen molar-refractivity contribution in [3.63, 3.8) is 0 Å². The minimum Gasteiger partial charge on any atom is -0.490 e. The summed E-state index contributed by atoms with van der Waals surface area (Å²) < 4.78 is 13.2. The van der Waals surface area contributed by atoms with Gasteiger partial charge in [0.25, 0.3) is 0 Å². The second-order valence-corrected chi connectivity index (χ2v) is 8.21. The quantitative estimate of drug-likeness (QED) is 0.441. The van der Waals surface area contributed by atoms with E-state index in [2.05, 4.69) is 15.5 Å². The molecule has 0 spiro atoms. The summed E-state index contributed by atoms with van der Waals surface area (Å²) in [6, 6.07) is 14.0. The molecular weight excluding hydrogens is 424 g/mol. The summed E-state index contributed by atoms with van der Waals surface area (Å²) in [5.74, 6) is 2.51. The molecule has 0 unspecified atom stereocenters. The summed E-state index contributed by atoms with van der Waals surface area (Å²) in [6.07, 6.45) is 0.713. The minimum absolute atomic E-state index is 0.0362. The van der Waals surface area contributed by atoms with Crippen LogP contribution < -0.4 is 14.8 Å². The van der Waals surface area contributed by atoms with Gasteiger partial charge in [-0.05, 0) is 44.9 Å². The lowest BCUT2D eigenvalue weighted by Crippen LogP contribution is -2.27. The monoisotopic (exact) mass is 454 g/mol. The summed E-state index contributed by atoms with van der Waals surface area (Å²) in [5, 5.41) is 12.2. The van der Waals surface area contributed by atoms with Crippen LogP contribution >= 0.6 is 11.8 Å². The standard InChI is InChI=1S/C24H30N4O3S/c1-5-30-20-12-9-18(15-21(20)31-6-2)13-14-25-22(29)16-32-24-27-26-23(28(24)4)19-10-7-17(3)8-11-19/h7-12,15H,5-6,13-14,16H2,1-4H3,(H,25,29). The van der Waals surface area contributed by atoms with Crippen molar-refractivity contribution in [2.45, 2.75) is 32.3 Å². The summed E-state index contributed by atoms with van der Waals surface area (Å²) in [7, 11) is 1.91. The molecule has 0 saturated heterocycles. The predicted octanol–water partition coefficient (Wildman–Crippen LogP) is 4.04. The maximum absolute atomic E-state index is 12.3. The molecule has 32 heavy (non-hydrogen) atoms. The van der Waals surface area contributed by atoms with Crippen molar-refractivity contribution in [2.75, 3.05) is 25.5 Å². The van der Waals surface area contributed by atoms with E-state index in [1.165, 1.54) is 17.3 Å². The molecule has 1 N–H and O–H groups in total. The van der Waals surface area contributed by atoms with Crippen LogP contribution in [0.4, 0.5) is 0 Å². The predicted molar refractivity (Wildman–Crippen MR) is 127 cm³/mol. The number of carbonyl (C=O) groups excluding carboxylic acids is 1. The Kier molecular flexibility index (Phi) is 8.56. The van der Waals surface area contributed by atoms with Crippen LogP contribution in [0.3, 0.4) is 0 Å². The smallest absolute Gasteiger partial charge is 0.230 e. The molecule has 0 atom stereocenters. The summed E-state index contributed by atoms with van der Waals surface area (Å²) >= 11 is 1.38. The van der Waals surface area contributed by atoms with Crippen molar-refractivity contribution in [2.24, 2.45) is 7.05 Å². The second kappa shape index (κ2) is 11.6. The number of ether oxygens (including phenoxy) is 2. The average Bonchev–Trinajstić information content (AvgIpc) is 3.15. The van der Waals surface area contributed by atoms with E-state index in [0.717, 1.165) is 28.5 Å². The van der Waals surface area contributed by atoms with Crippen molar-refractivity contribution in [3.05, 3.63) is 53.6 Å². The molecule has 1 amide bonds. The van der Waals surface area contributed by atoms with Gasteiger partial charge >= 0.3 is 0 Å². The van der Waals surface area contributed by atoms with E-state index in [9.17, 15) is 4.79 Å². The Morgan fingerprint density at radius 2 is 1.75 bits per heavy atom. The number of amides is 1. The van der Waals surface area contributed by atoms with Gasteiger partial charge < -0.3 is 19.4 Å². The molecule has 0 saturated carbocycles. The molecule has 1 heterocycles. The van der Waals surface area contributed by atoms with Crippen LogP contribution in [0.25, 0.3) is 11.4 Å². The highest BCUT2D eigenvalue weighted by molar-refractivity contribution is 7.99. The van der Waals surface area contributed by atoms with Gasteiger partial charge in [-0.2, -0.15) is 0 Å². The molecule has 0 fully saturated rings.